The van der Waals surface area contributed by atoms with Gasteiger partial charge in [-0.25, -0.2) is 9.66 Å². The fourth-order valence-electron chi connectivity index (χ4n) is 3.05. The molecule has 1 unspecified atom stereocenters. The van der Waals surface area contributed by atoms with Gasteiger partial charge in [0.05, 0.1) is 17.1 Å². The number of nitrogen functional groups attached to an aromatic ring is 1. The van der Waals surface area contributed by atoms with E-state index in [1.165, 1.54) is 47.7 Å². The summed E-state index contributed by atoms with van der Waals surface area (Å²) in [6.07, 6.45) is 9.98. The number of hydrogen-bond acceptors (Lipinski definition) is 4. The largest absolute Gasteiger partial charge is 0.355 e. The Morgan fingerprint density at radius 3 is 2.88 bits per heavy atom. The maximum absolute atomic E-state index is 12.3. The minimum absolute atomic E-state index is 0.0238. The maximum atomic E-state index is 12.3. The van der Waals surface area contributed by atoms with E-state index in [4.69, 9.17) is 5.84 Å². The number of thioether (sulfide) groups is 1. The quantitative estimate of drug-likeness (QED) is 0.442. The summed E-state index contributed by atoms with van der Waals surface area (Å²) in [7, 11) is 0. The number of imidazole rings is 1. The Bertz CT molecular complexity index is 769. The predicted molar refractivity (Wildman–Crippen MR) is 107 cm³/mol. The molecule has 26 heavy (non-hydrogen) atoms. The SMILES string of the molecule is CC(Sc1nc(-c2ccccc2)cn1N)C(=O)NCCC1=CCCCC1. The van der Waals surface area contributed by atoms with Crippen molar-refractivity contribution >= 4 is 17.7 Å². The van der Waals surface area contributed by atoms with Gasteiger partial charge in [0, 0.05) is 12.1 Å². The van der Waals surface area contributed by atoms with E-state index in [9.17, 15) is 4.79 Å². The standard InChI is InChI=1S/C20H26N4OS/c1-15(19(25)22-13-12-16-8-4-2-5-9-16)26-20-23-18(14-24(20)21)17-10-6-3-7-11-17/h3,6-8,10-11,14-15H,2,4-5,9,12-13,21H2,1H3,(H,22,25). The molecule has 6 heteroatoms. The number of hydrogen-bond donors (Lipinski definition) is 2. The third kappa shape index (κ3) is 4.91. The van der Waals surface area contributed by atoms with Gasteiger partial charge in [0.25, 0.3) is 0 Å². The van der Waals surface area contributed by atoms with Gasteiger partial charge in [-0.3, -0.25) is 4.79 Å². The molecular formula is C20H26N4OS. The van der Waals surface area contributed by atoms with Gasteiger partial charge in [-0.1, -0.05) is 53.7 Å². The number of aromatic nitrogens is 2. The van der Waals surface area contributed by atoms with Gasteiger partial charge >= 0.3 is 0 Å². The summed E-state index contributed by atoms with van der Waals surface area (Å²) in [6.45, 7) is 2.58. The summed E-state index contributed by atoms with van der Waals surface area (Å²) in [6, 6.07) is 9.89. The summed E-state index contributed by atoms with van der Waals surface area (Å²) in [4.78, 5) is 16.9. The lowest BCUT2D eigenvalue weighted by molar-refractivity contribution is -0.120. The fourth-order valence-corrected chi connectivity index (χ4v) is 3.88. The Labute approximate surface area is 159 Å². The first kappa shape index (κ1) is 18.6. The van der Waals surface area contributed by atoms with Crippen molar-refractivity contribution in [3.8, 4) is 11.3 Å². The summed E-state index contributed by atoms with van der Waals surface area (Å²) >= 11 is 1.38. The lowest BCUT2D eigenvalue weighted by Crippen LogP contribution is -2.32. The van der Waals surface area contributed by atoms with Gasteiger partial charge < -0.3 is 11.2 Å². The average molecular weight is 371 g/mol. The van der Waals surface area contributed by atoms with Crippen LogP contribution in [0.4, 0.5) is 0 Å². The second-order valence-corrected chi connectivity index (χ2v) is 7.90. The number of benzene rings is 1. The molecule has 0 aliphatic heterocycles. The highest BCUT2D eigenvalue weighted by molar-refractivity contribution is 8.00. The molecule has 1 aliphatic rings. The van der Waals surface area contributed by atoms with Crippen LogP contribution >= 0.6 is 11.8 Å². The van der Waals surface area contributed by atoms with Crippen LogP contribution in [0.3, 0.4) is 0 Å². The first-order valence-corrected chi connectivity index (χ1v) is 10.0. The van der Waals surface area contributed by atoms with Crippen LogP contribution in [-0.4, -0.2) is 27.4 Å². The molecule has 1 atom stereocenters. The van der Waals surface area contributed by atoms with Crippen molar-refractivity contribution in [3.63, 3.8) is 0 Å². The van der Waals surface area contributed by atoms with Gasteiger partial charge in [-0.15, -0.1) is 0 Å². The Morgan fingerprint density at radius 1 is 1.35 bits per heavy atom. The predicted octanol–water partition coefficient (Wildman–Crippen LogP) is 3.75. The van der Waals surface area contributed by atoms with E-state index in [0.717, 1.165) is 17.7 Å². The smallest absolute Gasteiger partial charge is 0.233 e. The molecule has 1 aliphatic carbocycles. The minimum atomic E-state index is -0.247. The monoisotopic (exact) mass is 370 g/mol. The van der Waals surface area contributed by atoms with Crippen LogP contribution in [0.2, 0.25) is 0 Å². The first-order chi connectivity index (χ1) is 12.6. The van der Waals surface area contributed by atoms with E-state index in [0.29, 0.717) is 11.7 Å². The average Bonchev–Trinajstić information content (AvgIpc) is 3.03. The molecule has 2 aromatic rings. The summed E-state index contributed by atoms with van der Waals surface area (Å²) in [5.41, 5.74) is 3.30. The van der Waals surface area contributed by atoms with Gasteiger partial charge in [0.1, 0.15) is 0 Å². The number of allylic oxidation sites excluding steroid dienone is 1. The van der Waals surface area contributed by atoms with Crippen LogP contribution in [0.1, 0.15) is 39.0 Å². The fraction of sp³-hybridized carbons (Fsp3) is 0.400. The molecule has 1 aromatic heterocycles. The lowest BCUT2D eigenvalue weighted by Gasteiger charge is -2.14. The number of nitrogens with zero attached hydrogens (tertiary/aromatic N) is 2. The zero-order chi connectivity index (χ0) is 18.4. The van der Waals surface area contributed by atoms with E-state index >= 15 is 0 Å². The molecule has 138 valence electrons. The van der Waals surface area contributed by atoms with E-state index in [2.05, 4.69) is 16.4 Å². The van der Waals surface area contributed by atoms with Crippen LogP contribution in [0.15, 0.2) is 53.3 Å². The summed E-state index contributed by atoms with van der Waals surface area (Å²) in [5, 5.41) is 3.42. The van der Waals surface area contributed by atoms with E-state index in [1.54, 1.807) is 6.20 Å². The van der Waals surface area contributed by atoms with Crippen LogP contribution in [0.25, 0.3) is 11.3 Å². The maximum Gasteiger partial charge on any atom is 0.233 e. The van der Waals surface area contributed by atoms with Crippen LogP contribution in [0, 0.1) is 0 Å². The number of amides is 1. The van der Waals surface area contributed by atoms with Gasteiger partial charge in [0.2, 0.25) is 5.91 Å². The van der Waals surface area contributed by atoms with Crippen molar-refractivity contribution < 1.29 is 4.79 Å². The Hall–Kier alpha value is -2.21. The Morgan fingerprint density at radius 2 is 2.15 bits per heavy atom. The highest BCUT2D eigenvalue weighted by Gasteiger charge is 2.18. The molecule has 0 saturated heterocycles. The normalized spacial score (nSPS) is 15.3. The van der Waals surface area contributed by atoms with Crippen molar-refractivity contribution in [2.45, 2.75) is 49.4 Å². The minimum Gasteiger partial charge on any atom is -0.355 e. The molecular weight excluding hydrogens is 344 g/mol. The third-order valence-corrected chi connectivity index (χ3v) is 5.63. The van der Waals surface area contributed by atoms with Crippen LogP contribution < -0.4 is 11.2 Å². The zero-order valence-electron chi connectivity index (χ0n) is 15.1. The molecule has 0 saturated carbocycles. The number of nitrogens with two attached hydrogens (primary N) is 1. The molecule has 3 N–H and O–H groups in total. The molecule has 1 aromatic carbocycles. The van der Waals surface area contributed by atoms with Gasteiger partial charge in [-0.05, 0) is 39.0 Å². The molecule has 0 fully saturated rings. The van der Waals surface area contributed by atoms with Crippen molar-refractivity contribution in [2.75, 3.05) is 12.4 Å². The summed E-state index contributed by atoms with van der Waals surface area (Å²) in [5.74, 6) is 6.04. The first-order valence-electron chi connectivity index (χ1n) is 9.15. The Kier molecular flexibility index (Phi) is 6.39. The van der Waals surface area contributed by atoms with Crippen LogP contribution in [0.5, 0.6) is 0 Å². The van der Waals surface area contributed by atoms with E-state index in [1.807, 2.05) is 37.3 Å². The molecule has 0 radical (unpaired) electrons. The van der Waals surface area contributed by atoms with Crippen molar-refractivity contribution in [1.82, 2.24) is 15.0 Å². The highest BCUT2D eigenvalue weighted by Crippen LogP contribution is 2.26. The second kappa shape index (κ2) is 8.94. The molecule has 5 nitrogen and oxygen atoms in total. The van der Waals surface area contributed by atoms with Crippen molar-refractivity contribution in [2.24, 2.45) is 0 Å². The number of carbonyl (C=O) groups excluding carboxylic acids is 1. The second-order valence-electron chi connectivity index (χ2n) is 6.59. The van der Waals surface area contributed by atoms with E-state index in [-0.39, 0.29) is 11.2 Å². The number of rotatable bonds is 7. The highest BCUT2D eigenvalue weighted by atomic mass is 32.2. The Balaban J connectivity index is 1.52. The molecule has 0 bridgehead atoms. The third-order valence-electron chi connectivity index (χ3n) is 4.55. The number of carbonyl (C=O) groups is 1. The lowest BCUT2D eigenvalue weighted by atomic mass is 9.97. The van der Waals surface area contributed by atoms with Gasteiger partial charge in [0.15, 0.2) is 5.16 Å². The van der Waals surface area contributed by atoms with Crippen LogP contribution in [-0.2, 0) is 4.79 Å². The molecule has 1 heterocycles. The number of nitrogens with one attached hydrogen (secondary N) is 1. The molecule has 3 rings (SSSR count). The summed E-state index contributed by atoms with van der Waals surface area (Å²) < 4.78 is 1.49. The van der Waals surface area contributed by atoms with E-state index < -0.39 is 0 Å². The molecule has 0 spiro atoms. The van der Waals surface area contributed by atoms with Gasteiger partial charge in [-0.2, -0.15) is 0 Å². The zero-order valence-corrected chi connectivity index (χ0v) is 16.0. The topological polar surface area (TPSA) is 72.9 Å². The molecule has 1 amide bonds. The van der Waals surface area contributed by atoms with Crippen molar-refractivity contribution in [3.05, 3.63) is 48.2 Å². The van der Waals surface area contributed by atoms with Crippen molar-refractivity contribution in [1.29, 1.82) is 0 Å².